The number of imidazole rings is 1. The number of benzene rings is 2. The topological polar surface area (TPSA) is 130 Å². The summed E-state index contributed by atoms with van der Waals surface area (Å²) in [7, 11) is 5.24. The third-order valence-corrected chi connectivity index (χ3v) is 9.60. The van der Waals surface area contributed by atoms with Crippen molar-refractivity contribution in [3.8, 4) is 17.3 Å². The zero-order chi connectivity index (χ0) is 32.8. The van der Waals surface area contributed by atoms with Crippen LogP contribution in [0, 0.1) is 0 Å². The fourth-order valence-electron chi connectivity index (χ4n) is 7.12. The van der Waals surface area contributed by atoms with Gasteiger partial charge >= 0.3 is 0 Å². The SMILES string of the molecule is COc1cc(C(=O)N2CC[C@@H](OC)[C@@H](N)C2)cc2nc(-c3cc4ccc5nc4n3CCCc3cccc(c3)CC(=O)N[C@@H]5C)n(C)c12. The summed E-state index contributed by atoms with van der Waals surface area (Å²) in [5.41, 5.74) is 13.0. The van der Waals surface area contributed by atoms with Gasteiger partial charge in [0.05, 0.1) is 42.6 Å². The van der Waals surface area contributed by atoms with Crippen LogP contribution in [0.1, 0.15) is 53.0 Å². The second kappa shape index (κ2) is 12.5. The van der Waals surface area contributed by atoms with Crippen LogP contribution < -0.4 is 15.8 Å². The van der Waals surface area contributed by atoms with E-state index in [2.05, 4.69) is 34.1 Å². The predicted octanol–water partition coefficient (Wildman–Crippen LogP) is 4.15. The monoisotopic (exact) mass is 635 g/mol. The molecule has 0 spiro atoms. The Kier molecular flexibility index (Phi) is 8.19. The number of aromatic nitrogens is 4. The standard InChI is InChI=1S/C36H41N7O4/c1-21-27-11-10-24-18-29(43(34(24)39-27)13-6-9-22-7-5-8-23(15-22)16-32(44)38-21)35-40-28-17-25(19-31(47-4)33(28)41(35)2)36(45)42-14-12-30(46-3)26(37)20-42/h5,7-8,10-11,15,17-19,21,26,30H,6,9,12-14,16,20,37H2,1-4H3,(H,38,44)/t21-,26+,30-/m1/s1. The van der Waals surface area contributed by atoms with Crippen molar-refractivity contribution in [2.24, 2.45) is 12.8 Å². The van der Waals surface area contributed by atoms with Crippen molar-refractivity contribution in [1.29, 1.82) is 0 Å². The molecule has 5 aromatic rings. The van der Waals surface area contributed by atoms with E-state index >= 15 is 0 Å². The van der Waals surface area contributed by atoms with E-state index in [1.807, 2.05) is 42.8 Å². The van der Waals surface area contributed by atoms with E-state index in [0.29, 0.717) is 42.8 Å². The molecule has 5 heterocycles. The van der Waals surface area contributed by atoms with E-state index in [-0.39, 0.29) is 30.0 Å². The number of hydrogen-bond donors (Lipinski definition) is 2. The van der Waals surface area contributed by atoms with E-state index in [0.717, 1.165) is 58.7 Å². The van der Waals surface area contributed by atoms with Gasteiger partial charge in [-0.2, -0.15) is 0 Å². The molecule has 2 aromatic carbocycles. The van der Waals surface area contributed by atoms with Crippen molar-refractivity contribution in [2.45, 2.75) is 57.3 Å². The Hall–Kier alpha value is -4.74. The van der Waals surface area contributed by atoms with Gasteiger partial charge in [-0.15, -0.1) is 0 Å². The van der Waals surface area contributed by atoms with Gasteiger partial charge in [-0.25, -0.2) is 9.97 Å². The first-order valence-corrected chi connectivity index (χ1v) is 16.2. The number of amides is 2. The fraction of sp³-hybridized carbons (Fsp3) is 0.389. The number of rotatable bonds is 4. The van der Waals surface area contributed by atoms with Gasteiger partial charge in [0, 0.05) is 50.8 Å². The van der Waals surface area contributed by atoms with E-state index in [4.69, 9.17) is 25.2 Å². The molecule has 0 aliphatic carbocycles. The second-order valence-corrected chi connectivity index (χ2v) is 12.7. The van der Waals surface area contributed by atoms with Gasteiger partial charge in [-0.3, -0.25) is 9.59 Å². The average molecular weight is 636 g/mol. The number of nitrogens with two attached hydrogens (primary N) is 1. The molecule has 2 aliphatic rings. The van der Waals surface area contributed by atoms with Crippen LogP contribution in [0.15, 0.2) is 54.6 Å². The molecule has 4 bridgehead atoms. The zero-order valence-corrected chi connectivity index (χ0v) is 27.3. The van der Waals surface area contributed by atoms with Crippen LogP contribution in [0.5, 0.6) is 5.75 Å². The molecule has 0 saturated carbocycles. The average Bonchev–Trinajstić information content (AvgIpc) is 3.60. The summed E-state index contributed by atoms with van der Waals surface area (Å²) in [4.78, 5) is 38.5. The number of pyridine rings is 1. The van der Waals surface area contributed by atoms with Gasteiger partial charge in [0.25, 0.3) is 5.91 Å². The van der Waals surface area contributed by atoms with Crippen molar-refractivity contribution in [3.63, 3.8) is 0 Å². The Morgan fingerprint density at radius 1 is 1.04 bits per heavy atom. The normalized spacial score (nSPS) is 20.4. The Morgan fingerprint density at radius 3 is 2.66 bits per heavy atom. The molecule has 11 heteroatoms. The molecule has 244 valence electrons. The number of piperidine rings is 1. The molecule has 0 unspecified atom stereocenters. The molecule has 2 amide bonds. The fourth-order valence-corrected chi connectivity index (χ4v) is 7.12. The van der Waals surface area contributed by atoms with Crippen molar-refractivity contribution >= 4 is 33.9 Å². The highest BCUT2D eigenvalue weighted by Gasteiger charge is 2.30. The van der Waals surface area contributed by atoms with Crippen LogP contribution in [0.2, 0.25) is 0 Å². The van der Waals surface area contributed by atoms with Crippen LogP contribution in [-0.4, -0.2) is 75.3 Å². The molecular weight excluding hydrogens is 594 g/mol. The Morgan fingerprint density at radius 2 is 1.87 bits per heavy atom. The molecule has 2 aliphatic heterocycles. The van der Waals surface area contributed by atoms with Gasteiger partial charge in [0.15, 0.2) is 5.82 Å². The zero-order valence-electron chi connectivity index (χ0n) is 27.3. The van der Waals surface area contributed by atoms with Crippen LogP contribution in [0.4, 0.5) is 0 Å². The number of carbonyl (C=O) groups is 2. The van der Waals surface area contributed by atoms with Crippen molar-refractivity contribution in [3.05, 3.63) is 77.0 Å². The lowest BCUT2D eigenvalue weighted by atomic mass is 10.0. The minimum absolute atomic E-state index is 0.0292. The summed E-state index contributed by atoms with van der Waals surface area (Å²) < 4.78 is 15.6. The number of ether oxygens (including phenoxy) is 2. The molecule has 3 N–H and O–H groups in total. The first-order valence-electron chi connectivity index (χ1n) is 16.2. The molecule has 3 atom stereocenters. The molecule has 0 radical (unpaired) electrons. The maximum atomic E-state index is 13.7. The second-order valence-electron chi connectivity index (χ2n) is 12.7. The third kappa shape index (κ3) is 5.74. The minimum Gasteiger partial charge on any atom is -0.494 e. The molecule has 3 aromatic heterocycles. The first kappa shape index (κ1) is 30.9. The van der Waals surface area contributed by atoms with Crippen LogP contribution >= 0.6 is 0 Å². The highest BCUT2D eigenvalue weighted by Crippen LogP contribution is 2.35. The lowest BCUT2D eigenvalue weighted by molar-refractivity contribution is -0.121. The highest BCUT2D eigenvalue weighted by molar-refractivity contribution is 6.00. The highest BCUT2D eigenvalue weighted by atomic mass is 16.5. The van der Waals surface area contributed by atoms with Gasteiger partial charge in [-0.05, 0) is 67.6 Å². The molecule has 1 saturated heterocycles. The summed E-state index contributed by atoms with van der Waals surface area (Å²) in [5.74, 6) is 1.19. The summed E-state index contributed by atoms with van der Waals surface area (Å²) in [5, 5.41) is 4.11. The predicted molar refractivity (Wildman–Crippen MR) is 180 cm³/mol. The number of fused-ring (bicyclic) bond motifs is 4. The van der Waals surface area contributed by atoms with E-state index in [1.165, 1.54) is 5.56 Å². The first-order chi connectivity index (χ1) is 22.7. The van der Waals surface area contributed by atoms with Gasteiger partial charge in [-0.1, -0.05) is 24.3 Å². The molecular formula is C36H41N7O4. The summed E-state index contributed by atoms with van der Waals surface area (Å²) >= 11 is 0. The number of nitrogens with one attached hydrogen (secondary N) is 1. The maximum Gasteiger partial charge on any atom is 0.254 e. The Balaban J connectivity index is 1.30. The van der Waals surface area contributed by atoms with Gasteiger partial charge < -0.3 is 34.6 Å². The smallest absolute Gasteiger partial charge is 0.254 e. The van der Waals surface area contributed by atoms with E-state index < -0.39 is 0 Å². The Labute approximate surface area is 273 Å². The number of nitrogens with zero attached hydrogens (tertiary/aromatic N) is 5. The van der Waals surface area contributed by atoms with Gasteiger partial charge in [0.1, 0.15) is 16.9 Å². The maximum absolute atomic E-state index is 13.7. The Bertz CT molecular complexity index is 2000. The van der Waals surface area contributed by atoms with Crippen LogP contribution in [0.3, 0.4) is 0 Å². The quantitative estimate of drug-likeness (QED) is 0.304. The largest absolute Gasteiger partial charge is 0.494 e. The number of methoxy groups -OCH3 is 2. The number of aryl methyl sites for hydroxylation is 3. The number of carbonyl (C=O) groups excluding carboxylic acids is 2. The number of likely N-dealkylation sites (tertiary alicyclic amines) is 1. The minimum atomic E-state index is -0.254. The molecule has 47 heavy (non-hydrogen) atoms. The van der Waals surface area contributed by atoms with Gasteiger partial charge in [0.2, 0.25) is 5.91 Å². The molecule has 1 fully saturated rings. The number of hydrogen-bond acceptors (Lipinski definition) is 7. The van der Waals surface area contributed by atoms with E-state index in [9.17, 15) is 9.59 Å². The molecule has 11 nitrogen and oxygen atoms in total. The van der Waals surface area contributed by atoms with E-state index in [1.54, 1.807) is 25.2 Å². The summed E-state index contributed by atoms with van der Waals surface area (Å²) in [6.07, 6.45) is 2.70. The summed E-state index contributed by atoms with van der Waals surface area (Å²) in [6, 6.07) is 17.6. The van der Waals surface area contributed by atoms with Crippen molar-refractivity contribution in [1.82, 2.24) is 29.3 Å². The van der Waals surface area contributed by atoms with Crippen LogP contribution in [0.25, 0.3) is 33.6 Å². The van der Waals surface area contributed by atoms with Crippen molar-refractivity contribution < 1.29 is 19.1 Å². The van der Waals surface area contributed by atoms with Crippen LogP contribution in [-0.2, 0) is 36.0 Å². The summed E-state index contributed by atoms with van der Waals surface area (Å²) in [6.45, 7) is 3.68. The van der Waals surface area contributed by atoms with Crippen molar-refractivity contribution in [2.75, 3.05) is 27.3 Å². The lowest BCUT2D eigenvalue weighted by Gasteiger charge is -2.36. The lowest BCUT2D eigenvalue weighted by Crippen LogP contribution is -2.53. The third-order valence-electron chi connectivity index (χ3n) is 9.60. The molecule has 7 rings (SSSR count).